The molecule has 0 fully saturated rings. The summed E-state index contributed by atoms with van der Waals surface area (Å²) in [5, 5.41) is 3.23. The molecule has 6 nitrogen and oxygen atoms in total. The van der Waals surface area contributed by atoms with Crippen LogP contribution in [0.25, 0.3) is 55.3 Å². The summed E-state index contributed by atoms with van der Waals surface area (Å²) < 4.78 is 19.7. The van der Waals surface area contributed by atoms with Gasteiger partial charge in [0.2, 0.25) is 5.89 Å². The van der Waals surface area contributed by atoms with Crippen molar-refractivity contribution in [3.05, 3.63) is 107 Å². The van der Waals surface area contributed by atoms with Crippen LogP contribution in [0.2, 0.25) is 0 Å². The maximum atomic E-state index is 12.7. The van der Waals surface area contributed by atoms with Gasteiger partial charge in [0.1, 0.15) is 29.0 Å². The normalized spacial score (nSPS) is 11.7. The highest BCUT2D eigenvalue weighted by Gasteiger charge is 2.15. The third-order valence-corrected chi connectivity index (χ3v) is 6.50. The van der Waals surface area contributed by atoms with Crippen molar-refractivity contribution >= 4 is 43.9 Å². The highest BCUT2D eigenvalue weighted by atomic mass is 16.5. The fraction of sp³-hybridized carbons (Fsp3) is 0.0667. The first-order valence-corrected chi connectivity index (χ1v) is 11.8. The fourth-order valence-corrected chi connectivity index (χ4v) is 4.82. The number of hydrogen-bond donors (Lipinski definition) is 0. The number of hydrogen-bond acceptors (Lipinski definition) is 5. The van der Waals surface area contributed by atoms with Crippen LogP contribution in [0.3, 0.4) is 0 Å². The van der Waals surface area contributed by atoms with Gasteiger partial charge in [-0.1, -0.05) is 48.5 Å². The van der Waals surface area contributed by atoms with Gasteiger partial charge in [0.05, 0.1) is 6.54 Å². The SMILES string of the molecule is O=c1oc2cc(OCCn3c4ccccc4c4ccccc43)ccc2cc1-c1nc2ccccc2o1. The third kappa shape index (κ3) is 3.34. The summed E-state index contributed by atoms with van der Waals surface area (Å²) in [7, 11) is 0. The Labute approximate surface area is 205 Å². The van der Waals surface area contributed by atoms with E-state index in [2.05, 4.69) is 58.1 Å². The van der Waals surface area contributed by atoms with Gasteiger partial charge in [-0.05, 0) is 42.5 Å². The van der Waals surface area contributed by atoms with E-state index in [0.29, 0.717) is 41.1 Å². The van der Waals surface area contributed by atoms with Crippen molar-refractivity contribution in [2.24, 2.45) is 0 Å². The second-order valence-electron chi connectivity index (χ2n) is 8.67. The molecule has 0 radical (unpaired) electrons. The third-order valence-electron chi connectivity index (χ3n) is 6.50. The molecule has 0 unspecified atom stereocenters. The van der Waals surface area contributed by atoms with E-state index in [0.717, 1.165) is 5.39 Å². The Balaban J connectivity index is 1.16. The fourth-order valence-electron chi connectivity index (χ4n) is 4.82. The van der Waals surface area contributed by atoms with Gasteiger partial charge >= 0.3 is 5.63 Å². The van der Waals surface area contributed by atoms with Crippen molar-refractivity contribution in [3.63, 3.8) is 0 Å². The van der Waals surface area contributed by atoms with E-state index in [1.54, 1.807) is 12.1 Å². The van der Waals surface area contributed by atoms with E-state index in [1.165, 1.54) is 21.8 Å². The van der Waals surface area contributed by atoms with Gasteiger partial charge in [0, 0.05) is 33.3 Å². The van der Waals surface area contributed by atoms with Crippen LogP contribution in [-0.4, -0.2) is 16.2 Å². The van der Waals surface area contributed by atoms with E-state index < -0.39 is 5.63 Å². The number of aromatic nitrogens is 2. The average molecular weight is 473 g/mol. The summed E-state index contributed by atoms with van der Waals surface area (Å²) >= 11 is 0. The average Bonchev–Trinajstić information content (AvgIpc) is 3.48. The number of para-hydroxylation sites is 4. The smallest absolute Gasteiger partial charge is 0.349 e. The van der Waals surface area contributed by atoms with Crippen LogP contribution >= 0.6 is 0 Å². The molecule has 6 heteroatoms. The number of nitrogens with zero attached hydrogens (tertiary/aromatic N) is 2. The maximum absolute atomic E-state index is 12.7. The first kappa shape index (κ1) is 20.5. The molecule has 0 atom stereocenters. The number of fused-ring (bicyclic) bond motifs is 5. The topological polar surface area (TPSA) is 70.4 Å². The Kier molecular flexibility index (Phi) is 4.64. The monoisotopic (exact) mass is 472 g/mol. The summed E-state index contributed by atoms with van der Waals surface area (Å²) in [5.74, 6) is 0.888. The van der Waals surface area contributed by atoms with Crippen molar-refractivity contribution in [1.29, 1.82) is 0 Å². The van der Waals surface area contributed by atoms with E-state index in [1.807, 2.05) is 36.4 Å². The Morgan fingerprint density at radius 1 is 0.750 bits per heavy atom. The van der Waals surface area contributed by atoms with Gasteiger partial charge in [-0.15, -0.1) is 0 Å². The Morgan fingerprint density at radius 2 is 1.47 bits per heavy atom. The first-order chi connectivity index (χ1) is 17.7. The molecule has 7 aromatic rings. The molecule has 0 saturated carbocycles. The second kappa shape index (κ2) is 8.13. The molecule has 0 spiro atoms. The van der Waals surface area contributed by atoms with Crippen LogP contribution in [0, 0.1) is 0 Å². The molecule has 0 aliphatic heterocycles. The molecule has 0 bridgehead atoms. The van der Waals surface area contributed by atoms with E-state index in [9.17, 15) is 4.79 Å². The van der Waals surface area contributed by atoms with Crippen LogP contribution in [0.5, 0.6) is 5.75 Å². The number of rotatable bonds is 5. The first-order valence-electron chi connectivity index (χ1n) is 11.8. The Morgan fingerprint density at radius 3 is 2.25 bits per heavy atom. The minimum absolute atomic E-state index is 0.248. The quantitative estimate of drug-likeness (QED) is 0.258. The highest BCUT2D eigenvalue weighted by Crippen LogP contribution is 2.29. The molecule has 4 aromatic carbocycles. The largest absolute Gasteiger partial charge is 0.492 e. The summed E-state index contributed by atoms with van der Waals surface area (Å²) in [6.45, 7) is 1.16. The van der Waals surface area contributed by atoms with Crippen LogP contribution in [0.1, 0.15) is 0 Å². The van der Waals surface area contributed by atoms with Crippen molar-refractivity contribution in [2.75, 3.05) is 6.61 Å². The van der Waals surface area contributed by atoms with E-state index >= 15 is 0 Å². The summed E-state index contributed by atoms with van der Waals surface area (Å²) in [6, 6.07) is 31.4. The van der Waals surface area contributed by atoms with Gasteiger partial charge in [0.15, 0.2) is 5.58 Å². The lowest BCUT2D eigenvalue weighted by molar-refractivity contribution is 0.302. The van der Waals surface area contributed by atoms with Gasteiger partial charge in [-0.2, -0.15) is 0 Å². The predicted octanol–water partition coefficient (Wildman–Crippen LogP) is 6.79. The molecule has 36 heavy (non-hydrogen) atoms. The molecular weight excluding hydrogens is 452 g/mol. The van der Waals surface area contributed by atoms with Gasteiger partial charge in [0.25, 0.3) is 0 Å². The molecule has 3 aromatic heterocycles. The lowest BCUT2D eigenvalue weighted by Crippen LogP contribution is -2.08. The molecule has 0 N–H and O–H groups in total. The number of oxazole rings is 1. The van der Waals surface area contributed by atoms with Crippen LogP contribution in [0.4, 0.5) is 0 Å². The highest BCUT2D eigenvalue weighted by molar-refractivity contribution is 6.07. The number of benzene rings is 4. The summed E-state index contributed by atoms with van der Waals surface area (Å²) in [6.07, 6.45) is 0. The molecule has 0 aliphatic carbocycles. The maximum Gasteiger partial charge on any atom is 0.349 e. The summed E-state index contributed by atoms with van der Waals surface area (Å²) in [5.41, 5.74) is 3.92. The minimum Gasteiger partial charge on any atom is -0.492 e. The Hall–Kier alpha value is -4.84. The standard InChI is InChI=1S/C30H20N2O4/c33-30-23(29-31-24-9-3-6-12-27(24)35-29)17-19-13-14-20(18-28(19)36-30)34-16-15-32-25-10-4-1-7-21(25)22-8-2-5-11-26(22)32/h1-14,17-18H,15-16H2. The molecule has 7 rings (SSSR count). The second-order valence-corrected chi connectivity index (χ2v) is 8.67. The zero-order chi connectivity index (χ0) is 24.1. The molecule has 174 valence electrons. The Bertz CT molecular complexity index is 1880. The van der Waals surface area contributed by atoms with Gasteiger partial charge in [-0.25, -0.2) is 9.78 Å². The molecule has 0 aliphatic rings. The predicted molar refractivity (Wildman–Crippen MR) is 140 cm³/mol. The minimum atomic E-state index is -0.503. The lowest BCUT2D eigenvalue weighted by atomic mass is 10.2. The summed E-state index contributed by atoms with van der Waals surface area (Å²) in [4.78, 5) is 17.2. The lowest BCUT2D eigenvalue weighted by Gasteiger charge is -2.10. The van der Waals surface area contributed by atoms with Crippen molar-refractivity contribution in [3.8, 4) is 17.2 Å². The van der Waals surface area contributed by atoms with E-state index in [-0.39, 0.29) is 5.89 Å². The van der Waals surface area contributed by atoms with E-state index in [4.69, 9.17) is 13.6 Å². The van der Waals surface area contributed by atoms with Crippen molar-refractivity contribution in [2.45, 2.75) is 6.54 Å². The van der Waals surface area contributed by atoms with Crippen molar-refractivity contribution in [1.82, 2.24) is 9.55 Å². The zero-order valence-corrected chi connectivity index (χ0v) is 19.2. The van der Waals surface area contributed by atoms with Crippen LogP contribution in [0.15, 0.2) is 111 Å². The van der Waals surface area contributed by atoms with Gasteiger partial charge < -0.3 is 18.1 Å². The molecule has 0 amide bonds. The number of ether oxygens (including phenoxy) is 1. The van der Waals surface area contributed by atoms with Gasteiger partial charge in [-0.3, -0.25) is 0 Å². The van der Waals surface area contributed by atoms with Crippen LogP contribution < -0.4 is 10.4 Å². The van der Waals surface area contributed by atoms with Crippen molar-refractivity contribution < 1.29 is 13.6 Å². The zero-order valence-electron chi connectivity index (χ0n) is 19.2. The molecule has 3 heterocycles. The molecule has 0 saturated heterocycles. The van der Waals surface area contributed by atoms with Crippen LogP contribution in [-0.2, 0) is 6.54 Å². The molecular formula is C30H20N2O4.